The molecule has 3 aromatic heterocycles. The van der Waals surface area contributed by atoms with Crippen molar-refractivity contribution < 1.29 is 9.21 Å². The fraction of sp³-hybridized carbons (Fsp3) is 0.0556. The summed E-state index contributed by atoms with van der Waals surface area (Å²) in [6, 6.07) is 12.7. The molecule has 132 valence electrons. The van der Waals surface area contributed by atoms with E-state index in [-0.39, 0.29) is 11.1 Å². The van der Waals surface area contributed by atoms with Crippen molar-refractivity contribution in [3.63, 3.8) is 0 Å². The maximum Gasteiger partial charge on any atom is 0.260 e. The van der Waals surface area contributed by atoms with E-state index < -0.39 is 5.91 Å². The number of furan rings is 1. The second kappa shape index (κ2) is 6.61. The molecule has 0 aliphatic rings. The van der Waals surface area contributed by atoms with Gasteiger partial charge in [0.2, 0.25) is 5.88 Å². The van der Waals surface area contributed by atoms with Crippen molar-refractivity contribution in [1.29, 1.82) is 5.26 Å². The smallest absolute Gasteiger partial charge is 0.260 e. The van der Waals surface area contributed by atoms with Crippen molar-refractivity contribution >= 4 is 11.6 Å². The first kappa shape index (κ1) is 16.3. The Labute approximate surface area is 153 Å². The summed E-state index contributed by atoms with van der Waals surface area (Å²) in [5, 5.41) is 23.3. The molecule has 4 aromatic rings. The zero-order chi connectivity index (χ0) is 18.8. The molecule has 1 aromatic carbocycles. The highest BCUT2D eigenvalue weighted by atomic mass is 16.4. The summed E-state index contributed by atoms with van der Waals surface area (Å²) in [6.07, 6.45) is 4.97. The molecular weight excluding hydrogens is 346 g/mol. The van der Waals surface area contributed by atoms with E-state index in [2.05, 4.69) is 26.9 Å². The van der Waals surface area contributed by atoms with Gasteiger partial charge in [0.25, 0.3) is 5.91 Å². The lowest BCUT2D eigenvalue weighted by Crippen LogP contribution is -2.14. The Morgan fingerprint density at radius 1 is 1.22 bits per heavy atom. The van der Waals surface area contributed by atoms with Gasteiger partial charge in [-0.2, -0.15) is 5.26 Å². The lowest BCUT2D eigenvalue weighted by Gasteiger charge is -2.06. The highest BCUT2D eigenvalue weighted by Gasteiger charge is 2.24. The van der Waals surface area contributed by atoms with E-state index in [4.69, 9.17) is 4.42 Å². The number of amides is 1. The number of hydrogen-bond donors (Lipinski definition) is 1. The summed E-state index contributed by atoms with van der Waals surface area (Å²) in [5.74, 6) is 0.276. The van der Waals surface area contributed by atoms with Crippen LogP contribution in [0.3, 0.4) is 0 Å². The first-order valence-electron chi connectivity index (χ1n) is 7.99. The number of anilines is 1. The Balaban J connectivity index is 1.61. The van der Waals surface area contributed by atoms with Crippen LogP contribution in [0.2, 0.25) is 0 Å². The molecule has 0 aliphatic heterocycles. The number of nitrogens with zero attached hydrogens (tertiary/aromatic N) is 6. The van der Waals surface area contributed by atoms with Gasteiger partial charge < -0.3 is 9.73 Å². The van der Waals surface area contributed by atoms with Crippen molar-refractivity contribution in [1.82, 2.24) is 24.8 Å². The molecule has 0 spiro atoms. The van der Waals surface area contributed by atoms with Gasteiger partial charge in [-0.15, -0.1) is 5.10 Å². The van der Waals surface area contributed by atoms with Gasteiger partial charge in [0.1, 0.15) is 29.3 Å². The average Bonchev–Trinajstić information content (AvgIpc) is 3.42. The Kier molecular flexibility index (Phi) is 3.99. The Hall–Kier alpha value is -4.19. The number of carbonyl (C=O) groups is 1. The minimum absolute atomic E-state index is 0.187. The molecule has 0 unspecified atom stereocenters. The summed E-state index contributed by atoms with van der Waals surface area (Å²) in [4.78, 5) is 12.7. The highest BCUT2D eigenvalue weighted by molar-refractivity contribution is 6.07. The van der Waals surface area contributed by atoms with E-state index in [0.29, 0.717) is 17.3 Å². The third-order valence-corrected chi connectivity index (χ3v) is 3.98. The summed E-state index contributed by atoms with van der Waals surface area (Å²) < 4.78 is 8.82. The van der Waals surface area contributed by atoms with Crippen molar-refractivity contribution in [3.05, 3.63) is 72.0 Å². The van der Waals surface area contributed by atoms with Gasteiger partial charge in [-0.25, -0.2) is 4.68 Å². The number of aromatic nitrogens is 5. The topological polar surface area (TPSA) is 115 Å². The van der Waals surface area contributed by atoms with Gasteiger partial charge in [-0.3, -0.25) is 9.36 Å². The molecule has 1 N–H and O–H groups in total. The molecule has 27 heavy (non-hydrogen) atoms. The molecule has 9 heteroatoms. The Morgan fingerprint density at radius 3 is 2.59 bits per heavy atom. The summed E-state index contributed by atoms with van der Waals surface area (Å²) in [7, 11) is 0. The predicted molar refractivity (Wildman–Crippen MR) is 94.6 cm³/mol. The van der Waals surface area contributed by atoms with Crippen LogP contribution in [0.5, 0.6) is 0 Å². The SMILES string of the molecule is Cc1oc(-n2cccc2)c(C#N)c1C(=O)Nc1ccc(-n2cnnn2)cc1. The number of aryl methyl sites for hydroxylation is 1. The maximum atomic E-state index is 12.7. The summed E-state index contributed by atoms with van der Waals surface area (Å²) in [6.45, 7) is 1.66. The molecular formula is C18H13N7O2. The van der Waals surface area contributed by atoms with E-state index in [0.717, 1.165) is 5.69 Å². The van der Waals surface area contributed by atoms with Gasteiger partial charge >= 0.3 is 0 Å². The van der Waals surface area contributed by atoms with Crippen LogP contribution < -0.4 is 5.32 Å². The van der Waals surface area contributed by atoms with Crippen molar-refractivity contribution in [2.45, 2.75) is 6.92 Å². The third-order valence-electron chi connectivity index (χ3n) is 3.98. The lowest BCUT2D eigenvalue weighted by atomic mass is 10.1. The second-order valence-corrected chi connectivity index (χ2v) is 5.67. The number of nitriles is 1. The van der Waals surface area contributed by atoms with Crippen LogP contribution in [0.15, 0.2) is 59.5 Å². The number of rotatable bonds is 4. The first-order chi connectivity index (χ1) is 13.2. The summed E-state index contributed by atoms with van der Waals surface area (Å²) in [5.41, 5.74) is 1.73. The highest BCUT2D eigenvalue weighted by Crippen LogP contribution is 2.26. The van der Waals surface area contributed by atoms with Gasteiger partial charge in [-0.1, -0.05) is 0 Å². The van der Waals surface area contributed by atoms with Gasteiger partial charge in [0.15, 0.2) is 0 Å². The number of hydrogen-bond acceptors (Lipinski definition) is 6. The standard InChI is InChI=1S/C18H13N7O2/c1-12-16(15(10-19)18(27-12)24-8-2-3-9-24)17(26)21-13-4-6-14(7-5-13)25-11-20-22-23-25/h2-9,11H,1H3,(H,21,26). The van der Waals surface area contributed by atoms with Crippen molar-refractivity contribution in [3.8, 4) is 17.6 Å². The molecule has 4 rings (SSSR count). The Morgan fingerprint density at radius 2 is 1.96 bits per heavy atom. The van der Waals surface area contributed by atoms with Crippen molar-refractivity contribution in [2.75, 3.05) is 5.32 Å². The minimum Gasteiger partial charge on any atom is -0.443 e. The monoisotopic (exact) mass is 359 g/mol. The molecule has 0 aliphatic carbocycles. The zero-order valence-electron chi connectivity index (χ0n) is 14.2. The fourth-order valence-corrected chi connectivity index (χ4v) is 2.73. The maximum absolute atomic E-state index is 12.7. The molecule has 0 fully saturated rings. The van der Waals surface area contributed by atoms with Crippen LogP contribution in [-0.4, -0.2) is 30.7 Å². The molecule has 0 saturated carbocycles. The molecule has 3 heterocycles. The fourth-order valence-electron chi connectivity index (χ4n) is 2.73. The van der Waals surface area contributed by atoms with Crippen LogP contribution in [0.25, 0.3) is 11.6 Å². The third kappa shape index (κ3) is 2.96. The van der Waals surface area contributed by atoms with Crippen molar-refractivity contribution in [2.24, 2.45) is 0 Å². The Bertz CT molecular complexity index is 1120. The molecule has 0 radical (unpaired) electrons. The number of tetrazole rings is 1. The second-order valence-electron chi connectivity index (χ2n) is 5.67. The largest absolute Gasteiger partial charge is 0.443 e. The van der Waals surface area contributed by atoms with E-state index in [1.54, 1.807) is 48.1 Å². The normalized spacial score (nSPS) is 10.5. The van der Waals surface area contributed by atoms with E-state index >= 15 is 0 Å². The van der Waals surface area contributed by atoms with Crippen LogP contribution in [-0.2, 0) is 0 Å². The van der Waals surface area contributed by atoms with Crippen LogP contribution in [0.1, 0.15) is 21.7 Å². The van der Waals surface area contributed by atoms with Gasteiger partial charge in [0, 0.05) is 18.1 Å². The zero-order valence-corrected chi connectivity index (χ0v) is 14.2. The molecule has 0 bridgehead atoms. The molecule has 0 atom stereocenters. The van der Waals surface area contributed by atoms with E-state index in [1.807, 2.05) is 12.1 Å². The van der Waals surface area contributed by atoms with Crippen LogP contribution in [0.4, 0.5) is 5.69 Å². The first-order valence-corrected chi connectivity index (χ1v) is 7.99. The van der Waals surface area contributed by atoms with Crippen LogP contribution >= 0.6 is 0 Å². The molecule has 0 saturated heterocycles. The van der Waals surface area contributed by atoms with E-state index in [9.17, 15) is 10.1 Å². The van der Waals surface area contributed by atoms with Gasteiger partial charge in [-0.05, 0) is 53.7 Å². The quantitative estimate of drug-likeness (QED) is 0.598. The average molecular weight is 359 g/mol. The number of benzene rings is 1. The molecule has 9 nitrogen and oxygen atoms in total. The number of nitrogens with one attached hydrogen (secondary N) is 1. The lowest BCUT2D eigenvalue weighted by molar-refractivity contribution is 0.102. The van der Waals surface area contributed by atoms with Crippen LogP contribution in [0, 0.1) is 18.3 Å². The van der Waals surface area contributed by atoms with Gasteiger partial charge in [0.05, 0.1) is 5.69 Å². The predicted octanol–water partition coefficient (Wildman–Crippen LogP) is 2.48. The summed E-state index contributed by atoms with van der Waals surface area (Å²) >= 11 is 0. The van der Waals surface area contributed by atoms with E-state index in [1.165, 1.54) is 11.0 Å². The number of carbonyl (C=O) groups excluding carboxylic acids is 1. The molecule has 1 amide bonds. The minimum atomic E-state index is -0.415.